The number of nitrogens with zero attached hydrogens (tertiary/aromatic N) is 1. The normalized spacial score (nSPS) is 10.6. The zero-order valence-corrected chi connectivity index (χ0v) is 18.6. The summed E-state index contributed by atoms with van der Waals surface area (Å²) in [6.07, 6.45) is 3.89. The molecule has 1 aromatic heterocycles. The molecule has 0 bridgehead atoms. The Morgan fingerprint density at radius 1 is 0.882 bits per heavy atom. The molecular weight excluding hydrogens is 430 g/mol. The lowest BCUT2D eigenvalue weighted by atomic mass is 9.99. The molecule has 0 amide bonds. The summed E-state index contributed by atoms with van der Waals surface area (Å²) in [5.74, 6) is -0.833. The number of benzene rings is 3. The Labute approximate surface area is 197 Å². The second-order valence-electron chi connectivity index (χ2n) is 7.91. The van der Waals surface area contributed by atoms with Gasteiger partial charge in [0.1, 0.15) is 18.1 Å². The Kier molecular flexibility index (Phi) is 6.69. The number of hydrogen-bond acceptors (Lipinski definition) is 5. The number of ketones is 1. The van der Waals surface area contributed by atoms with Gasteiger partial charge in [-0.05, 0) is 72.0 Å². The highest BCUT2D eigenvalue weighted by Crippen LogP contribution is 2.40. The summed E-state index contributed by atoms with van der Waals surface area (Å²) >= 11 is 0. The Hall–Kier alpha value is -4.45. The molecule has 170 valence electrons. The summed E-state index contributed by atoms with van der Waals surface area (Å²) in [4.78, 5) is 27.0. The van der Waals surface area contributed by atoms with Gasteiger partial charge < -0.3 is 14.9 Å². The molecule has 1 heterocycles. The van der Waals surface area contributed by atoms with Crippen molar-refractivity contribution >= 4 is 11.8 Å². The molecule has 0 aliphatic rings. The van der Waals surface area contributed by atoms with Crippen molar-refractivity contribution in [3.8, 4) is 22.6 Å². The number of carboxylic acid groups (broad SMARTS) is 1. The third kappa shape index (κ3) is 5.13. The second kappa shape index (κ2) is 10.0. The minimum absolute atomic E-state index is 0.116. The number of phenolic OH excluding ortho intramolecular Hbond substituents is 1. The van der Waals surface area contributed by atoms with Gasteiger partial charge in [-0.15, -0.1) is 0 Å². The summed E-state index contributed by atoms with van der Waals surface area (Å²) in [5.41, 5.74) is 4.65. The van der Waals surface area contributed by atoms with Crippen molar-refractivity contribution in [3.05, 3.63) is 113 Å². The van der Waals surface area contributed by atoms with Crippen molar-refractivity contribution < 1.29 is 24.5 Å². The molecule has 6 nitrogen and oxygen atoms in total. The molecule has 4 aromatic rings. The number of rotatable bonds is 8. The van der Waals surface area contributed by atoms with Crippen LogP contribution in [0.5, 0.6) is 11.5 Å². The number of aromatic nitrogens is 1. The Bertz CT molecular complexity index is 1330. The van der Waals surface area contributed by atoms with Crippen LogP contribution in [-0.2, 0) is 13.0 Å². The maximum Gasteiger partial charge on any atom is 0.335 e. The highest BCUT2D eigenvalue weighted by atomic mass is 16.5. The number of carbonyl (C=O) groups excluding carboxylic acids is 1. The summed E-state index contributed by atoms with van der Waals surface area (Å²) in [6, 6.07) is 21.5. The summed E-state index contributed by atoms with van der Waals surface area (Å²) in [6.45, 7) is 1.68. The number of carboxylic acids is 1. The summed E-state index contributed by atoms with van der Waals surface area (Å²) in [5, 5.41) is 19.9. The van der Waals surface area contributed by atoms with Crippen LogP contribution in [0.2, 0.25) is 0 Å². The molecule has 0 aliphatic heterocycles. The van der Waals surface area contributed by atoms with E-state index in [2.05, 4.69) is 4.98 Å². The molecule has 0 spiro atoms. The molecule has 3 aromatic carbocycles. The molecule has 0 atom stereocenters. The van der Waals surface area contributed by atoms with E-state index in [1.165, 1.54) is 6.92 Å². The molecule has 0 aliphatic carbocycles. The maximum absolute atomic E-state index is 11.9. The minimum Gasteiger partial charge on any atom is -0.506 e. The van der Waals surface area contributed by atoms with E-state index in [-0.39, 0.29) is 29.3 Å². The van der Waals surface area contributed by atoms with Crippen molar-refractivity contribution in [1.29, 1.82) is 0 Å². The van der Waals surface area contributed by atoms with Crippen LogP contribution in [0.4, 0.5) is 0 Å². The zero-order chi connectivity index (χ0) is 24.1. The lowest BCUT2D eigenvalue weighted by Gasteiger charge is -2.15. The standard InChI is InChI=1S/C28H23NO5/c1-18(30)24-9-10-25(26(27(24)31)22-11-13-29-14-12-22)34-17-21-4-2-3-20(16-21)15-19-5-7-23(8-6-19)28(32)33/h2-14,16,31H,15,17H2,1H3,(H,32,33). The van der Waals surface area contributed by atoms with E-state index in [0.29, 0.717) is 23.3 Å². The lowest BCUT2D eigenvalue weighted by Crippen LogP contribution is -2.01. The zero-order valence-electron chi connectivity index (χ0n) is 18.6. The average Bonchev–Trinajstić information content (AvgIpc) is 2.83. The fourth-order valence-electron chi connectivity index (χ4n) is 3.77. The van der Waals surface area contributed by atoms with Crippen molar-refractivity contribution in [2.75, 3.05) is 0 Å². The van der Waals surface area contributed by atoms with Crippen LogP contribution in [0, 0.1) is 0 Å². The molecule has 0 saturated carbocycles. The topological polar surface area (TPSA) is 96.7 Å². The summed E-state index contributed by atoms with van der Waals surface area (Å²) in [7, 11) is 0. The Morgan fingerprint density at radius 3 is 2.26 bits per heavy atom. The summed E-state index contributed by atoms with van der Waals surface area (Å²) < 4.78 is 6.08. The highest BCUT2D eigenvalue weighted by Gasteiger charge is 2.18. The van der Waals surface area contributed by atoms with Gasteiger partial charge in [0.05, 0.1) is 16.7 Å². The van der Waals surface area contributed by atoms with E-state index in [1.807, 2.05) is 36.4 Å². The van der Waals surface area contributed by atoms with Gasteiger partial charge in [0.25, 0.3) is 0 Å². The van der Waals surface area contributed by atoms with Crippen molar-refractivity contribution in [2.24, 2.45) is 0 Å². The molecule has 2 N–H and O–H groups in total. The van der Waals surface area contributed by atoms with Crippen molar-refractivity contribution in [2.45, 2.75) is 20.0 Å². The SMILES string of the molecule is CC(=O)c1ccc(OCc2cccc(Cc3ccc(C(=O)O)cc3)c2)c(-c2ccncc2)c1O. The highest BCUT2D eigenvalue weighted by molar-refractivity contribution is 6.00. The van der Waals surface area contributed by atoms with Gasteiger partial charge in [-0.25, -0.2) is 4.79 Å². The Balaban J connectivity index is 1.55. The molecule has 4 rings (SSSR count). The van der Waals surface area contributed by atoms with Crippen LogP contribution in [-0.4, -0.2) is 26.9 Å². The van der Waals surface area contributed by atoms with Crippen LogP contribution in [0.1, 0.15) is 44.3 Å². The van der Waals surface area contributed by atoms with Crippen molar-refractivity contribution in [3.63, 3.8) is 0 Å². The molecule has 0 saturated heterocycles. The predicted molar refractivity (Wildman–Crippen MR) is 128 cm³/mol. The van der Waals surface area contributed by atoms with E-state index in [4.69, 9.17) is 9.84 Å². The quantitative estimate of drug-likeness (QED) is 0.341. The van der Waals surface area contributed by atoms with E-state index < -0.39 is 5.97 Å². The first-order valence-electron chi connectivity index (χ1n) is 10.7. The van der Waals surface area contributed by atoms with E-state index >= 15 is 0 Å². The first kappa shape index (κ1) is 22.7. The molecule has 0 radical (unpaired) electrons. The number of Topliss-reactive ketones (excluding diaryl/α,β-unsaturated/α-hetero) is 1. The van der Waals surface area contributed by atoms with Gasteiger partial charge in [-0.3, -0.25) is 9.78 Å². The minimum atomic E-state index is -0.945. The van der Waals surface area contributed by atoms with Gasteiger partial charge in [0.15, 0.2) is 5.78 Å². The predicted octanol–water partition coefficient (Wildman–Crippen LogP) is 5.52. The Morgan fingerprint density at radius 2 is 1.59 bits per heavy atom. The van der Waals surface area contributed by atoms with E-state index in [0.717, 1.165) is 16.7 Å². The average molecular weight is 453 g/mol. The van der Waals surface area contributed by atoms with Gasteiger partial charge in [-0.2, -0.15) is 0 Å². The van der Waals surface area contributed by atoms with Crippen LogP contribution >= 0.6 is 0 Å². The van der Waals surface area contributed by atoms with Crippen LogP contribution in [0.3, 0.4) is 0 Å². The monoisotopic (exact) mass is 453 g/mol. The van der Waals surface area contributed by atoms with Crippen molar-refractivity contribution in [1.82, 2.24) is 4.98 Å². The van der Waals surface area contributed by atoms with Crippen LogP contribution in [0.25, 0.3) is 11.1 Å². The molecule has 34 heavy (non-hydrogen) atoms. The molecule has 0 unspecified atom stereocenters. The third-order valence-corrected chi connectivity index (χ3v) is 5.48. The van der Waals surface area contributed by atoms with Gasteiger partial charge >= 0.3 is 5.97 Å². The number of carbonyl (C=O) groups is 2. The number of aromatic carboxylic acids is 1. The van der Waals surface area contributed by atoms with E-state index in [1.54, 1.807) is 48.8 Å². The first-order valence-corrected chi connectivity index (χ1v) is 10.7. The number of ether oxygens (including phenoxy) is 1. The number of phenols is 1. The van der Waals surface area contributed by atoms with Crippen LogP contribution in [0.15, 0.2) is 85.2 Å². The second-order valence-corrected chi connectivity index (χ2v) is 7.91. The molecule has 0 fully saturated rings. The van der Waals surface area contributed by atoms with E-state index in [9.17, 15) is 14.7 Å². The third-order valence-electron chi connectivity index (χ3n) is 5.48. The molecular formula is C28H23NO5. The van der Waals surface area contributed by atoms with Crippen LogP contribution < -0.4 is 4.74 Å². The number of pyridine rings is 1. The van der Waals surface area contributed by atoms with Gasteiger partial charge in [0.2, 0.25) is 0 Å². The lowest BCUT2D eigenvalue weighted by molar-refractivity contribution is 0.0696. The van der Waals surface area contributed by atoms with Gasteiger partial charge in [0, 0.05) is 12.4 Å². The fourth-order valence-corrected chi connectivity index (χ4v) is 3.77. The first-order chi connectivity index (χ1) is 16.4. The fraction of sp³-hybridized carbons (Fsp3) is 0.107. The largest absolute Gasteiger partial charge is 0.506 e. The van der Waals surface area contributed by atoms with Gasteiger partial charge in [-0.1, -0.05) is 36.4 Å². The number of aromatic hydroxyl groups is 1. The maximum atomic E-state index is 11.9. The number of hydrogen-bond donors (Lipinski definition) is 2. The molecule has 6 heteroatoms. The smallest absolute Gasteiger partial charge is 0.335 e.